The van der Waals surface area contributed by atoms with Gasteiger partial charge in [0, 0.05) is 10.4 Å². The third-order valence-corrected chi connectivity index (χ3v) is 4.77. The molecule has 132 valence electrons. The number of halogens is 3. The molecule has 0 unspecified atom stereocenters. The van der Waals surface area contributed by atoms with Crippen LogP contribution in [0, 0.1) is 17.5 Å². The molecule has 1 heterocycles. The van der Waals surface area contributed by atoms with E-state index in [9.17, 15) is 27.9 Å². The van der Waals surface area contributed by atoms with Gasteiger partial charge in [-0.2, -0.15) is 4.39 Å². The molecule has 3 rings (SSSR count). The average Bonchev–Trinajstić information content (AvgIpc) is 3.12. The lowest BCUT2D eigenvalue weighted by Crippen LogP contribution is -2.10. The van der Waals surface area contributed by atoms with Crippen molar-refractivity contribution in [2.75, 3.05) is 0 Å². The predicted octanol–water partition coefficient (Wildman–Crippen LogP) is 3.87. The molecule has 0 saturated carbocycles. The zero-order chi connectivity index (χ0) is 19.0. The summed E-state index contributed by atoms with van der Waals surface area (Å²) >= 11 is 0.968. The van der Waals surface area contributed by atoms with Gasteiger partial charge in [-0.25, -0.2) is 8.78 Å². The Morgan fingerprint density at radius 3 is 2.42 bits per heavy atom. The first kappa shape index (κ1) is 17.7. The van der Waals surface area contributed by atoms with Gasteiger partial charge in [-0.05, 0) is 35.9 Å². The molecule has 3 aromatic rings. The van der Waals surface area contributed by atoms with E-state index in [2.05, 4.69) is 0 Å². The number of nitrogens with two attached hydrogens (primary N) is 1. The summed E-state index contributed by atoms with van der Waals surface area (Å²) in [5, 5.41) is 9.25. The van der Waals surface area contributed by atoms with E-state index in [0.717, 1.165) is 11.3 Å². The summed E-state index contributed by atoms with van der Waals surface area (Å²) < 4.78 is 40.5. The number of hydrogen-bond donors (Lipinski definition) is 2. The first-order valence-electron chi connectivity index (χ1n) is 7.21. The number of phenolic OH excluding ortho intramolecular Hbond substituents is 1. The zero-order valence-corrected chi connectivity index (χ0v) is 13.7. The molecule has 0 spiro atoms. The van der Waals surface area contributed by atoms with Gasteiger partial charge in [0.1, 0.15) is 0 Å². The lowest BCUT2D eigenvalue weighted by Gasteiger charge is -2.05. The Morgan fingerprint density at radius 2 is 1.73 bits per heavy atom. The minimum atomic E-state index is -1.76. The van der Waals surface area contributed by atoms with E-state index < -0.39 is 40.5 Å². The number of carbonyl (C=O) groups is 2. The highest BCUT2D eigenvalue weighted by Crippen LogP contribution is 2.32. The Bertz CT molecular complexity index is 1050. The Hall–Kier alpha value is -3.13. The van der Waals surface area contributed by atoms with Crippen molar-refractivity contribution in [2.24, 2.45) is 5.73 Å². The number of carbonyl (C=O) groups excluding carboxylic acids is 2. The van der Waals surface area contributed by atoms with Gasteiger partial charge in [0.2, 0.25) is 17.5 Å². The van der Waals surface area contributed by atoms with E-state index in [0.29, 0.717) is 16.5 Å². The number of amides is 1. The van der Waals surface area contributed by atoms with Crippen molar-refractivity contribution in [2.45, 2.75) is 0 Å². The van der Waals surface area contributed by atoms with Gasteiger partial charge in [-0.1, -0.05) is 12.1 Å². The van der Waals surface area contributed by atoms with E-state index in [1.165, 1.54) is 18.2 Å². The lowest BCUT2D eigenvalue weighted by atomic mass is 10.1. The van der Waals surface area contributed by atoms with Crippen molar-refractivity contribution in [1.82, 2.24) is 0 Å². The maximum atomic E-state index is 13.9. The molecule has 0 aliphatic carbocycles. The molecule has 0 atom stereocenters. The van der Waals surface area contributed by atoms with Gasteiger partial charge in [0.25, 0.3) is 0 Å². The highest BCUT2D eigenvalue weighted by Gasteiger charge is 2.24. The van der Waals surface area contributed by atoms with Gasteiger partial charge in [-0.15, -0.1) is 11.3 Å². The van der Waals surface area contributed by atoms with Crippen molar-refractivity contribution in [3.63, 3.8) is 0 Å². The van der Waals surface area contributed by atoms with Crippen molar-refractivity contribution >= 4 is 23.0 Å². The minimum absolute atomic E-state index is 0.0498. The Labute approximate surface area is 149 Å². The Balaban J connectivity index is 1.99. The molecule has 0 radical (unpaired) electrons. The number of benzene rings is 2. The second kappa shape index (κ2) is 6.64. The second-order valence-electron chi connectivity index (χ2n) is 5.32. The smallest absolute Gasteiger partial charge is 0.248 e. The van der Waals surface area contributed by atoms with Crippen LogP contribution in [0.15, 0.2) is 42.5 Å². The molecule has 0 fully saturated rings. The standard InChI is InChI=1S/C18H10F3NO3S/c19-11-7-10(14(20)17(24)15(11)21)16(23)13-5-4-12(26-13)8-2-1-3-9(6-8)18(22)25/h1-7,24H,(H2,22,25). The maximum absolute atomic E-state index is 13.9. The van der Waals surface area contributed by atoms with Crippen LogP contribution in [0.1, 0.15) is 25.6 Å². The van der Waals surface area contributed by atoms with Crippen LogP contribution in [-0.4, -0.2) is 16.8 Å². The van der Waals surface area contributed by atoms with E-state index in [1.54, 1.807) is 18.2 Å². The molecule has 4 nitrogen and oxygen atoms in total. The molecule has 1 aromatic heterocycles. The summed E-state index contributed by atoms with van der Waals surface area (Å²) in [5.41, 5.74) is 5.34. The molecule has 0 aliphatic rings. The van der Waals surface area contributed by atoms with Crippen LogP contribution in [0.2, 0.25) is 0 Å². The highest BCUT2D eigenvalue weighted by atomic mass is 32.1. The molecule has 1 amide bonds. The number of hydrogen-bond acceptors (Lipinski definition) is 4. The Morgan fingerprint density at radius 1 is 1.00 bits per heavy atom. The van der Waals surface area contributed by atoms with E-state index in [1.807, 2.05) is 0 Å². The minimum Gasteiger partial charge on any atom is -0.503 e. The first-order valence-corrected chi connectivity index (χ1v) is 8.02. The molecule has 0 aliphatic heterocycles. The third kappa shape index (κ3) is 3.06. The molecule has 8 heteroatoms. The van der Waals surface area contributed by atoms with Gasteiger partial charge in [-0.3, -0.25) is 9.59 Å². The predicted molar refractivity (Wildman–Crippen MR) is 89.7 cm³/mol. The van der Waals surface area contributed by atoms with Crippen molar-refractivity contribution in [3.05, 3.63) is 75.9 Å². The molecular formula is C18H10F3NO3S. The van der Waals surface area contributed by atoms with E-state index in [-0.39, 0.29) is 10.4 Å². The number of thiophene rings is 1. The van der Waals surface area contributed by atoms with Gasteiger partial charge >= 0.3 is 0 Å². The zero-order valence-electron chi connectivity index (χ0n) is 12.9. The Kier molecular flexibility index (Phi) is 4.52. The molecule has 2 aromatic carbocycles. The highest BCUT2D eigenvalue weighted by molar-refractivity contribution is 7.17. The fourth-order valence-corrected chi connectivity index (χ4v) is 3.29. The number of primary amides is 1. The molecule has 0 saturated heterocycles. The number of rotatable bonds is 4. The van der Waals surface area contributed by atoms with Crippen LogP contribution in [0.3, 0.4) is 0 Å². The van der Waals surface area contributed by atoms with Crippen LogP contribution >= 0.6 is 11.3 Å². The second-order valence-corrected chi connectivity index (χ2v) is 6.40. The molecule has 3 N–H and O–H groups in total. The van der Waals surface area contributed by atoms with Crippen LogP contribution in [0.4, 0.5) is 13.2 Å². The van der Waals surface area contributed by atoms with Crippen LogP contribution in [-0.2, 0) is 0 Å². The summed E-state index contributed by atoms with van der Waals surface area (Å²) in [6.45, 7) is 0. The fraction of sp³-hybridized carbons (Fsp3) is 0. The topological polar surface area (TPSA) is 80.4 Å². The first-order chi connectivity index (χ1) is 12.3. The molecule has 0 bridgehead atoms. The SMILES string of the molecule is NC(=O)c1cccc(-c2ccc(C(=O)c3cc(F)c(F)c(O)c3F)s2)c1. The third-order valence-electron chi connectivity index (χ3n) is 3.64. The number of phenols is 1. The molecular weight excluding hydrogens is 367 g/mol. The van der Waals surface area contributed by atoms with Crippen molar-refractivity contribution < 1.29 is 27.9 Å². The number of aromatic hydroxyl groups is 1. The van der Waals surface area contributed by atoms with Gasteiger partial charge < -0.3 is 10.8 Å². The number of ketones is 1. The van der Waals surface area contributed by atoms with E-state index in [4.69, 9.17) is 5.73 Å². The van der Waals surface area contributed by atoms with Crippen LogP contribution in [0.25, 0.3) is 10.4 Å². The summed E-state index contributed by atoms with van der Waals surface area (Å²) in [7, 11) is 0. The summed E-state index contributed by atoms with van der Waals surface area (Å²) in [6, 6.07) is 9.73. The summed E-state index contributed by atoms with van der Waals surface area (Å²) in [6.07, 6.45) is 0. The fourth-order valence-electron chi connectivity index (χ4n) is 2.33. The summed E-state index contributed by atoms with van der Waals surface area (Å²) in [4.78, 5) is 24.3. The van der Waals surface area contributed by atoms with Gasteiger partial charge in [0.15, 0.2) is 17.4 Å². The quantitative estimate of drug-likeness (QED) is 0.535. The normalized spacial score (nSPS) is 10.7. The van der Waals surface area contributed by atoms with E-state index >= 15 is 0 Å². The van der Waals surface area contributed by atoms with Crippen LogP contribution in [0.5, 0.6) is 5.75 Å². The monoisotopic (exact) mass is 377 g/mol. The molecule has 26 heavy (non-hydrogen) atoms. The van der Waals surface area contributed by atoms with Crippen molar-refractivity contribution in [1.29, 1.82) is 0 Å². The average molecular weight is 377 g/mol. The maximum Gasteiger partial charge on any atom is 0.248 e. The van der Waals surface area contributed by atoms with Crippen molar-refractivity contribution in [3.8, 4) is 16.2 Å². The van der Waals surface area contributed by atoms with Gasteiger partial charge in [0.05, 0.1) is 10.4 Å². The van der Waals surface area contributed by atoms with Crippen LogP contribution < -0.4 is 5.73 Å². The lowest BCUT2D eigenvalue weighted by molar-refractivity contribution is 0.0998. The largest absolute Gasteiger partial charge is 0.503 e. The summed E-state index contributed by atoms with van der Waals surface area (Å²) in [5.74, 6) is -7.87.